The van der Waals surface area contributed by atoms with Gasteiger partial charge in [0.15, 0.2) is 0 Å². The van der Waals surface area contributed by atoms with Crippen molar-refractivity contribution in [3.8, 4) is 0 Å². The minimum atomic E-state index is -1.40. The van der Waals surface area contributed by atoms with Crippen molar-refractivity contribution in [1.29, 1.82) is 0 Å². The van der Waals surface area contributed by atoms with Crippen LogP contribution in [0.3, 0.4) is 0 Å². The fourth-order valence-corrected chi connectivity index (χ4v) is 1.40. The maximum atomic E-state index is 13.4. The number of carboxylic acid groups (broad SMARTS) is 1. The second-order valence-corrected chi connectivity index (χ2v) is 4.73. The summed E-state index contributed by atoms with van der Waals surface area (Å²) in [6.07, 6.45) is -0.320. The van der Waals surface area contributed by atoms with E-state index in [1.54, 1.807) is 0 Å². The Labute approximate surface area is 109 Å². The van der Waals surface area contributed by atoms with Crippen LogP contribution in [0, 0.1) is 11.6 Å². The predicted molar refractivity (Wildman–Crippen MR) is 64.5 cm³/mol. The molecule has 0 saturated heterocycles. The molecule has 0 aromatic heterocycles. The minimum absolute atomic E-state index is 0.0273. The summed E-state index contributed by atoms with van der Waals surface area (Å²) >= 11 is 0. The first-order valence-electron chi connectivity index (χ1n) is 5.60. The largest absolute Gasteiger partial charge is 0.480 e. The number of hydrogen-bond donors (Lipinski definition) is 1. The Hall–Kier alpha value is -1.98. The zero-order valence-corrected chi connectivity index (χ0v) is 10.9. The minimum Gasteiger partial charge on any atom is -0.480 e. The molecule has 1 aromatic carbocycles. The molecule has 104 valence electrons. The van der Waals surface area contributed by atoms with E-state index in [0.717, 1.165) is 11.0 Å². The highest BCUT2D eigenvalue weighted by atomic mass is 19.1. The third-order valence-electron chi connectivity index (χ3n) is 3.09. The van der Waals surface area contributed by atoms with Gasteiger partial charge in [-0.05, 0) is 25.5 Å². The molecule has 1 aromatic rings. The van der Waals surface area contributed by atoms with Gasteiger partial charge in [0, 0.05) is 13.1 Å². The van der Waals surface area contributed by atoms with E-state index in [9.17, 15) is 18.4 Å². The number of benzene rings is 1. The number of nitrogens with zero attached hydrogens (tertiary/aromatic N) is 1. The molecule has 0 heterocycles. The van der Waals surface area contributed by atoms with Gasteiger partial charge < -0.3 is 10.0 Å². The lowest BCUT2D eigenvalue weighted by Gasteiger charge is -2.31. The number of carbonyl (C=O) groups excluding carboxylic acids is 1. The molecule has 0 fully saturated rings. The predicted octanol–water partition coefficient (Wildman–Crippen LogP) is 1.83. The Morgan fingerprint density at radius 1 is 1.32 bits per heavy atom. The van der Waals surface area contributed by atoms with Crippen LogP contribution in [-0.2, 0) is 16.0 Å². The number of hydrogen-bond acceptors (Lipinski definition) is 2. The number of carbonyl (C=O) groups is 2. The van der Waals surface area contributed by atoms with E-state index in [1.807, 2.05) is 0 Å². The number of halogens is 2. The number of amides is 1. The molecule has 1 N–H and O–H groups in total. The van der Waals surface area contributed by atoms with Gasteiger partial charge in [-0.3, -0.25) is 4.79 Å². The maximum Gasteiger partial charge on any atom is 0.329 e. The summed E-state index contributed by atoms with van der Waals surface area (Å²) in [4.78, 5) is 23.9. The highest BCUT2D eigenvalue weighted by Crippen LogP contribution is 2.16. The lowest BCUT2D eigenvalue weighted by Crippen LogP contribution is -2.51. The molecule has 0 atom stereocenters. The summed E-state index contributed by atoms with van der Waals surface area (Å²) in [5.41, 5.74) is -1.37. The summed E-state index contributed by atoms with van der Waals surface area (Å²) in [6, 6.07) is 2.91. The van der Waals surface area contributed by atoms with Gasteiger partial charge in [-0.2, -0.15) is 0 Å². The SMILES string of the molecule is CN(C(=O)Cc1ccc(F)cc1F)C(C)(C)C(=O)O. The number of carboxylic acids is 1. The summed E-state index contributed by atoms with van der Waals surface area (Å²) in [5, 5.41) is 9.00. The van der Waals surface area contributed by atoms with Crippen LogP contribution in [0.15, 0.2) is 18.2 Å². The van der Waals surface area contributed by atoms with E-state index >= 15 is 0 Å². The third kappa shape index (κ3) is 3.27. The molecule has 0 aliphatic rings. The van der Waals surface area contributed by atoms with Crippen LogP contribution < -0.4 is 0 Å². The molecule has 1 rings (SSSR count). The fourth-order valence-electron chi connectivity index (χ4n) is 1.40. The lowest BCUT2D eigenvalue weighted by molar-refractivity contribution is -0.155. The van der Waals surface area contributed by atoms with Crippen molar-refractivity contribution in [1.82, 2.24) is 4.90 Å². The molecule has 0 spiro atoms. The Kier molecular flexibility index (Phi) is 4.24. The van der Waals surface area contributed by atoms with Crippen LogP contribution in [-0.4, -0.2) is 34.5 Å². The second-order valence-electron chi connectivity index (χ2n) is 4.73. The van der Waals surface area contributed by atoms with Crippen LogP contribution in [0.4, 0.5) is 8.78 Å². The van der Waals surface area contributed by atoms with Crippen LogP contribution in [0.1, 0.15) is 19.4 Å². The van der Waals surface area contributed by atoms with Crippen molar-refractivity contribution >= 4 is 11.9 Å². The third-order valence-corrected chi connectivity index (χ3v) is 3.09. The molecule has 1 amide bonds. The van der Waals surface area contributed by atoms with Crippen molar-refractivity contribution in [2.45, 2.75) is 25.8 Å². The first kappa shape index (κ1) is 15.1. The maximum absolute atomic E-state index is 13.4. The Balaban J connectivity index is 2.88. The molecule has 0 aliphatic carbocycles. The van der Waals surface area contributed by atoms with Crippen molar-refractivity contribution < 1.29 is 23.5 Å². The van der Waals surface area contributed by atoms with Crippen LogP contribution >= 0.6 is 0 Å². The average Bonchev–Trinajstić information content (AvgIpc) is 2.31. The fraction of sp³-hybridized carbons (Fsp3) is 0.385. The van der Waals surface area contributed by atoms with Crippen LogP contribution in [0.25, 0.3) is 0 Å². The van der Waals surface area contributed by atoms with Crippen LogP contribution in [0.2, 0.25) is 0 Å². The molecule has 4 nitrogen and oxygen atoms in total. The second kappa shape index (κ2) is 5.34. The number of likely N-dealkylation sites (N-methyl/N-ethyl adjacent to an activating group) is 1. The molecular weight excluding hydrogens is 256 g/mol. The topological polar surface area (TPSA) is 57.6 Å². The van der Waals surface area contributed by atoms with Gasteiger partial charge in [-0.1, -0.05) is 6.07 Å². The quantitative estimate of drug-likeness (QED) is 0.909. The van der Waals surface area contributed by atoms with Crippen molar-refractivity contribution in [3.63, 3.8) is 0 Å². The molecule has 0 unspecified atom stereocenters. The van der Waals surface area contributed by atoms with Gasteiger partial charge in [0.25, 0.3) is 0 Å². The molecule has 19 heavy (non-hydrogen) atoms. The number of rotatable bonds is 4. The van der Waals surface area contributed by atoms with Gasteiger partial charge in [0.2, 0.25) is 5.91 Å². The van der Waals surface area contributed by atoms with Crippen molar-refractivity contribution in [2.75, 3.05) is 7.05 Å². The molecule has 6 heteroatoms. The summed E-state index contributed by atoms with van der Waals surface area (Å²) in [7, 11) is 1.33. The van der Waals surface area contributed by atoms with E-state index in [1.165, 1.54) is 27.0 Å². The van der Waals surface area contributed by atoms with E-state index in [4.69, 9.17) is 5.11 Å². The van der Waals surface area contributed by atoms with Gasteiger partial charge in [-0.15, -0.1) is 0 Å². The average molecular weight is 271 g/mol. The van der Waals surface area contributed by atoms with E-state index in [0.29, 0.717) is 6.07 Å². The molecule has 0 radical (unpaired) electrons. The van der Waals surface area contributed by atoms with Gasteiger partial charge >= 0.3 is 5.97 Å². The van der Waals surface area contributed by atoms with E-state index in [2.05, 4.69) is 0 Å². The smallest absolute Gasteiger partial charge is 0.329 e. The summed E-state index contributed by atoms with van der Waals surface area (Å²) < 4.78 is 26.1. The Morgan fingerprint density at radius 3 is 2.37 bits per heavy atom. The Morgan fingerprint density at radius 2 is 1.89 bits per heavy atom. The zero-order chi connectivity index (χ0) is 14.8. The lowest BCUT2D eigenvalue weighted by atomic mass is 10.0. The first-order valence-corrected chi connectivity index (χ1v) is 5.60. The highest BCUT2D eigenvalue weighted by Gasteiger charge is 2.35. The van der Waals surface area contributed by atoms with Gasteiger partial charge in [0.1, 0.15) is 17.2 Å². The zero-order valence-electron chi connectivity index (χ0n) is 10.9. The molecular formula is C13H15F2NO3. The van der Waals surface area contributed by atoms with E-state index in [-0.39, 0.29) is 12.0 Å². The normalized spacial score (nSPS) is 11.2. The summed E-state index contributed by atoms with van der Waals surface area (Å²) in [6.45, 7) is 2.74. The van der Waals surface area contributed by atoms with Crippen molar-refractivity contribution in [2.24, 2.45) is 0 Å². The van der Waals surface area contributed by atoms with Crippen molar-refractivity contribution in [3.05, 3.63) is 35.4 Å². The van der Waals surface area contributed by atoms with Gasteiger partial charge in [-0.25, -0.2) is 13.6 Å². The summed E-state index contributed by atoms with van der Waals surface area (Å²) in [5.74, 6) is -3.27. The van der Waals surface area contributed by atoms with E-state index < -0.39 is 29.0 Å². The molecule has 0 aliphatic heterocycles. The standard InChI is InChI=1S/C13H15F2NO3/c1-13(2,12(18)19)16(3)11(17)6-8-4-5-9(14)7-10(8)15/h4-5,7H,6H2,1-3H3,(H,18,19). The molecule has 0 bridgehead atoms. The molecule has 0 saturated carbocycles. The Bertz CT molecular complexity index is 515. The first-order chi connectivity index (χ1) is 8.66. The van der Waals surface area contributed by atoms with Gasteiger partial charge in [0.05, 0.1) is 6.42 Å². The highest BCUT2D eigenvalue weighted by molar-refractivity contribution is 5.87. The number of aliphatic carboxylic acids is 1. The monoisotopic (exact) mass is 271 g/mol. The van der Waals surface area contributed by atoms with Crippen LogP contribution in [0.5, 0.6) is 0 Å².